The molecule has 0 radical (unpaired) electrons. The van der Waals surface area contributed by atoms with Crippen LogP contribution in [0.2, 0.25) is 0 Å². The standard InChI is InChI=1S/C18H37N3O2.HI/c1-4-19-17(20-13-8-9-14-23-5-2)21-16-18(12-15-22-3)10-6-7-11-18;/h4-16H2,1-3H3,(H2,19,20,21);1H. The number of halogens is 1. The molecule has 0 aromatic rings. The highest BCUT2D eigenvalue weighted by molar-refractivity contribution is 14.0. The number of hydrogen-bond donors (Lipinski definition) is 2. The molecule has 0 aromatic carbocycles. The normalized spacial score (nSPS) is 16.7. The number of unbranched alkanes of at least 4 members (excludes halogenated alkanes) is 1. The molecule has 0 aromatic heterocycles. The van der Waals surface area contributed by atoms with Gasteiger partial charge in [-0.1, -0.05) is 12.8 Å². The van der Waals surface area contributed by atoms with E-state index in [0.29, 0.717) is 5.41 Å². The number of rotatable bonds is 12. The summed E-state index contributed by atoms with van der Waals surface area (Å²) in [7, 11) is 1.79. The van der Waals surface area contributed by atoms with E-state index >= 15 is 0 Å². The van der Waals surface area contributed by atoms with Gasteiger partial charge in [0.2, 0.25) is 0 Å². The van der Waals surface area contributed by atoms with E-state index in [2.05, 4.69) is 17.6 Å². The summed E-state index contributed by atoms with van der Waals surface area (Å²) >= 11 is 0. The molecular weight excluding hydrogens is 417 g/mol. The van der Waals surface area contributed by atoms with E-state index in [1.165, 1.54) is 25.7 Å². The van der Waals surface area contributed by atoms with Gasteiger partial charge < -0.3 is 20.1 Å². The number of nitrogens with one attached hydrogen (secondary N) is 2. The molecule has 0 heterocycles. The topological polar surface area (TPSA) is 54.9 Å². The minimum atomic E-state index is 0. The van der Waals surface area contributed by atoms with Crippen molar-refractivity contribution in [2.24, 2.45) is 10.4 Å². The molecule has 1 aliphatic carbocycles. The Labute approximate surface area is 165 Å². The molecule has 6 heteroatoms. The fourth-order valence-electron chi connectivity index (χ4n) is 3.20. The Morgan fingerprint density at radius 1 is 1.08 bits per heavy atom. The molecule has 2 N–H and O–H groups in total. The largest absolute Gasteiger partial charge is 0.385 e. The number of methoxy groups -OCH3 is 1. The average Bonchev–Trinajstić information content (AvgIpc) is 3.03. The van der Waals surface area contributed by atoms with E-state index in [1.54, 1.807) is 7.11 Å². The number of aliphatic imine (C=N–C) groups is 1. The van der Waals surface area contributed by atoms with Crippen LogP contribution in [0.1, 0.15) is 58.8 Å². The summed E-state index contributed by atoms with van der Waals surface area (Å²) in [5.41, 5.74) is 0.354. The smallest absolute Gasteiger partial charge is 0.191 e. The van der Waals surface area contributed by atoms with Crippen molar-refractivity contribution in [3.8, 4) is 0 Å². The summed E-state index contributed by atoms with van der Waals surface area (Å²) in [6.07, 6.45) is 8.57. The molecular formula is C18H38IN3O2. The summed E-state index contributed by atoms with van der Waals surface area (Å²) < 4.78 is 10.7. The highest BCUT2D eigenvalue weighted by atomic mass is 127. The molecule has 0 bridgehead atoms. The van der Waals surface area contributed by atoms with Crippen LogP contribution in [0.4, 0.5) is 0 Å². The molecule has 0 amide bonds. The van der Waals surface area contributed by atoms with E-state index in [-0.39, 0.29) is 24.0 Å². The molecule has 5 nitrogen and oxygen atoms in total. The van der Waals surface area contributed by atoms with Crippen molar-refractivity contribution < 1.29 is 9.47 Å². The summed E-state index contributed by atoms with van der Waals surface area (Å²) in [5, 5.41) is 6.81. The third-order valence-corrected chi connectivity index (χ3v) is 4.63. The molecule has 1 aliphatic rings. The highest BCUT2D eigenvalue weighted by Crippen LogP contribution is 2.41. The Bertz CT molecular complexity index is 321. The Morgan fingerprint density at radius 2 is 1.83 bits per heavy atom. The van der Waals surface area contributed by atoms with E-state index in [4.69, 9.17) is 14.5 Å². The highest BCUT2D eigenvalue weighted by Gasteiger charge is 2.33. The third kappa shape index (κ3) is 10.0. The second kappa shape index (κ2) is 15.2. The van der Waals surface area contributed by atoms with Gasteiger partial charge in [-0.2, -0.15) is 0 Å². The van der Waals surface area contributed by atoms with Gasteiger partial charge in [0.15, 0.2) is 5.96 Å². The van der Waals surface area contributed by atoms with Crippen LogP contribution in [0.5, 0.6) is 0 Å². The summed E-state index contributed by atoms with van der Waals surface area (Å²) in [6, 6.07) is 0. The van der Waals surface area contributed by atoms with Gasteiger partial charge in [0, 0.05) is 46.6 Å². The second-order valence-corrected chi connectivity index (χ2v) is 6.48. The van der Waals surface area contributed by atoms with Crippen molar-refractivity contribution in [2.45, 2.75) is 58.8 Å². The maximum Gasteiger partial charge on any atom is 0.191 e. The van der Waals surface area contributed by atoms with E-state index in [9.17, 15) is 0 Å². The van der Waals surface area contributed by atoms with Crippen molar-refractivity contribution in [1.82, 2.24) is 10.6 Å². The fourth-order valence-corrected chi connectivity index (χ4v) is 3.20. The first-order valence-corrected chi connectivity index (χ1v) is 9.35. The zero-order valence-corrected chi connectivity index (χ0v) is 18.2. The van der Waals surface area contributed by atoms with Crippen LogP contribution >= 0.6 is 24.0 Å². The Morgan fingerprint density at radius 3 is 2.46 bits per heavy atom. The van der Waals surface area contributed by atoms with E-state index < -0.39 is 0 Å². The predicted molar refractivity (Wildman–Crippen MR) is 113 cm³/mol. The lowest BCUT2D eigenvalue weighted by Gasteiger charge is -2.27. The first-order chi connectivity index (χ1) is 11.3. The second-order valence-electron chi connectivity index (χ2n) is 6.48. The van der Waals surface area contributed by atoms with Crippen LogP contribution < -0.4 is 10.6 Å². The van der Waals surface area contributed by atoms with Crippen LogP contribution in [-0.2, 0) is 9.47 Å². The Balaban J connectivity index is 0.00000529. The van der Waals surface area contributed by atoms with Crippen molar-refractivity contribution >= 4 is 29.9 Å². The lowest BCUT2D eigenvalue weighted by atomic mass is 9.83. The van der Waals surface area contributed by atoms with Crippen molar-refractivity contribution in [3.05, 3.63) is 0 Å². The van der Waals surface area contributed by atoms with Crippen LogP contribution in [0.3, 0.4) is 0 Å². The van der Waals surface area contributed by atoms with E-state index in [0.717, 1.165) is 64.7 Å². The third-order valence-electron chi connectivity index (χ3n) is 4.63. The van der Waals surface area contributed by atoms with Gasteiger partial charge >= 0.3 is 0 Å². The number of guanidine groups is 1. The van der Waals surface area contributed by atoms with Crippen LogP contribution in [0.15, 0.2) is 4.99 Å². The SMILES string of the molecule is CCNC(=NCC1(CCOC)CCCC1)NCCCCOCC.I. The van der Waals surface area contributed by atoms with Crippen molar-refractivity contribution in [2.75, 3.05) is 46.6 Å². The first-order valence-electron chi connectivity index (χ1n) is 9.35. The minimum absolute atomic E-state index is 0. The van der Waals surface area contributed by atoms with E-state index in [1.807, 2.05) is 6.92 Å². The zero-order chi connectivity index (χ0) is 16.8. The molecule has 1 fully saturated rings. The lowest BCUT2D eigenvalue weighted by Crippen LogP contribution is -2.39. The summed E-state index contributed by atoms with van der Waals surface area (Å²) in [5.74, 6) is 0.951. The molecule has 0 spiro atoms. The molecule has 24 heavy (non-hydrogen) atoms. The fraction of sp³-hybridized carbons (Fsp3) is 0.944. The molecule has 1 saturated carbocycles. The first kappa shape index (κ1) is 23.9. The van der Waals surface area contributed by atoms with Crippen LogP contribution in [-0.4, -0.2) is 52.5 Å². The monoisotopic (exact) mass is 455 g/mol. The van der Waals surface area contributed by atoms with Gasteiger partial charge in [-0.05, 0) is 51.4 Å². The lowest BCUT2D eigenvalue weighted by molar-refractivity contribution is 0.141. The molecule has 0 unspecified atom stereocenters. The van der Waals surface area contributed by atoms with Crippen molar-refractivity contribution in [1.29, 1.82) is 0 Å². The van der Waals surface area contributed by atoms with Gasteiger partial charge in [-0.15, -0.1) is 24.0 Å². The quantitative estimate of drug-likeness (QED) is 0.205. The number of nitrogens with zero attached hydrogens (tertiary/aromatic N) is 1. The minimum Gasteiger partial charge on any atom is -0.385 e. The Hall–Kier alpha value is -0.0800. The summed E-state index contributed by atoms with van der Waals surface area (Å²) in [6.45, 7) is 9.41. The molecule has 144 valence electrons. The maximum absolute atomic E-state index is 5.37. The molecule has 0 atom stereocenters. The number of hydrogen-bond acceptors (Lipinski definition) is 3. The van der Waals surface area contributed by atoms with Crippen molar-refractivity contribution in [3.63, 3.8) is 0 Å². The van der Waals surface area contributed by atoms with Gasteiger partial charge in [0.05, 0.1) is 0 Å². The van der Waals surface area contributed by atoms with Gasteiger partial charge in [-0.3, -0.25) is 4.99 Å². The Kier molecular flexibility index (Phi) is 15.1. The van der Waals surface area contributed by atoms with Gasteiger partial charge in [-0.25, -0.2) is 0 Å². The molecule has 0 saturated heterocycles. The van der Waals surface area contributed by atoms with Gasteiger partial charge in [0.1, 0.15) is 0 Å². The average molecular weight is 455 g/mol. The van der Waals surface area contributed by atoms with Crippen LogP contribution in [0.25, 0.3) is 0 Å². The maximum atomic E-state index is 5.37. The predicted octanol–water partition coefficient (Wildman–Crippen LogP) is 3.57. The van der Waals surface area contributed by atoms with Gasteiger partial charge in [0.25, 0.3) is 0 Å². The number of ether oxygens (including phenoxy) is 2. The van der Waals surface area contributed by atoms with Crippen LogP contribution in [0, 0.1) is 5.41 Å². The summed E-state index contributed by atoms with van der Waals surface area (Å²) in [4.78, 5) is 4.86. The molecule has 0 aliphatic heterocycles. The zero-order valence-electron chi connectivity index (χ0n) is 15.9. The molecule has 1 rings (SSSR count).